The predicted molar refractivity (Wildman–Crippen MR) is 79.7 cm³/mol. The van der Waals surface area contributed by atoms with Crippen molar-refractivity contribution >= 4 is 11.6 Å². The van der Waals surface area contributed by atoms with E-state index in [0.29, 0.717) is 6.04 Å². The molecule has 1 unspecified atom stereocenters. The molecule has 0 saturated heterocycles. The molecular weight excluding hydrogens is 260 g/mol. The van der Waals surface area contributed by atoms with E-state index in [9.17, 15) is 0 Å². The maximum absolute atomic E-state index is 6.26. The second-order valence-corrected chi connectivity index (χ2v) is 6.14. The zero-order chi connectivity index (χ0) is 13.8. The third-order valence-corrected chi connectivity index (χ3v) is 4.23. The van der Waals surface area contributed by atoms with Crippen LogP contribution in [0.4, 0.5) is 0 Å². The number of halogens is 1. The molecule has 5 heteroatoms. The van der Waals surface area contributed by atoms with Crippen molar-refractivity contribution in [2.75, 3.05) is 27.7 Å². The fraction of sp³-hybridized carbons (Fsp3) is 0.786. The highest BCUT2D eigenvalue weighted by molar-refractivity contribution is 6.31. The molecule has 1 fully saturated rings. The Hall–Kier alpha value is -0.580. The molecule has 1 aliphatic rings. The fourth-order valence-electron chi connectivity index (χ4n) is 2.53. The molecule has 1 saturated carbocycles. The summed E-state index contributed by atoms with van der Waals surface area (Å²) in [6, 6.07) is 0.633. The standard InChI is InChI=1S/C14H25ClN4/c1-16-13(11-4-5-11)6-7-14-12(15)10-17-19(14)9-8-18(2)3/h10-11,13,16H,4-9H2,1-3H3. The monoisotopic (exact) mass is 284 g/mol. The van der Waals surface area contributed by atoms with Crippen molar-refractivity contribution in [3.8, 4) is 0 Å². The first kappa shape index (κ1) is 14.8. The van der Waals surface area contributed by atoms with Crippen molar-refractivity contribution in [3.05, 3.63) is 16.9 Å². The molecule has 1 aromatic rings. The van der Waals surface area contributed by atoms with Crippen LogP contribution in [0.3, 0.4) is 0 Å². The summed E-state index contributed by atoms with van der Waals surface area (Å²) in [5.41, 5.74) is 1.18. The van der Waals surface area contributed by atoms with Crippen LogP contribution in [-0.4, -0.2) is 48.4 Å². The van der Waals surface area contributed by atoms with Crippen molar-refractivity contribution in [1.82, 2.24) is 20.0 Å². The quantitative estimate of drug-likeness (QED) is 0.793. The van der Waals surface area contributed by atoms with Gasteiger partial charge in [-0.3, -0.25) is 4.68 Å². The Morgan fingerprint density at radius 3 is 2.84 bits per heavy atom. The molecule has 1 aliphatic carbocycles. The molecule has 0 aliphatic heterocycles. The van der Waals surface area contributed by atoms with Gasteiger partial charge in [0.25, 0.3) is 0 Å². The largest absolute Gasteiger partial charge is 0.317 e. The summed E-state index contributed by atoms with van der Waals surface area (Å²) in [4.78, 5) is 2.17. The van der Waals surface area contributed by atoms with Crippen LogP contribution in [0.25, 0.3) is 0 Å². The lowest BCUT2D eigenvalue weighted by Gasteiger charge is -2.16. The highest BCUT2D eigenvalue weighted by Gasteiger charge is 2.30. The van der Waals surface area contributed by atoms with Crippen molar-refractivity contribution in [3.63, 3.8) is 0 Å². The Morgan fingerprint density at radius 1 is 1.53 bits per heavy atom. The fourth-order valence-corrected chi connectivity index (χ4v) is 2.77. The van der Waals surface area contributed by atoms with Crippen LogP contribution in [0.15, 0.2) is 6.20 Å². The van der Waals surface area contributed by atoms with E-state index in [4.69, 9.17) is 11.6 Å². The number of nitrogens with zero attached hydrogens (tertiary/aromatic N) is 3. The van der Waals surface area contributed by atoms with E-state index in [1.807, 2.05) is 0 Å². The van der Waals surface area contributed by atoms with Crippen molar-refractivity contribution in [1.29, 1.82) is 0 Å². The lowest BCUT2D eigenvalue weighted by atomic mass is 10.1. The highest BCUT2D eigenvalue weighted by Crippen LogP contribution is 2.34. The van der Waals surface area contributed by atoms with Crippen LogP contribution in [0.2, 0.25) is 5.02 Å². The third kappa shape index (κ3) is 4.20. The van der Waals surface area contributed by atoms with Gasteiger partial charge in [0.2, 0.25) is 0 Å². The second-order valence-electron chi connectivity index (χ2n) is 5.74. The van der Waals surface area contributed by atoms with Crippen LogP contribution in [0, 0.1) is 5.92 Å². The Labute approximate surface area is 121 Å². The molecule has 0 bridgehead atoms. The normalized spacial score (nSPS) is 17.1. The first-order chi connectivity index (χ1) is 9.11. The van der Waals surface area contributed by atoms with E-state index in [2.05, 4.69) is 41.1 Å². The lowest BCUT2D eigenvalue weighted by molar-refractivity contribution is 0.367. The Kier molecular flexibility index (Phi) is 5.25. The number of hydrogen-bond acceptors (Lipinski definition) is 3. The van der Waals surface area contributed by atoms with Gasteiger partial charge in [-0.15, -0.1) is 0 Å². The zero-order valence-corrected chi connectivity index (χ0v) is 13.0. The summed E-state index contributed by atoms with van der Waals surface area (Å²) < 4.78 is 2.06. The molecule has 4 nitrogen and oxygen atoms in total. The summed E-state index contributed by atoms with van der Waals surface area (Å²) in [6.45, 7) is 1.89. The van der Waals surface area contributed by atoms with E-state index < -0.39 is 0 Å². The number of nitrogens with one attached hydrogen (secondary N) is 1. The van der Waals surface area contributed by atoms with E-state index in [-0.39, 0.29) is 0 Å². The molecule has 0 amide bonds. The van der Waals surface area contributed by atoms with Gasteiger partial charge in [0.1, 0.15) is 0 Å². The third-order valence-electron chi connectivity index (χ3n) is 3.91. The average molecular weight is 285 g/mol. The van der Waals surface area contributed by atoms with E-state index >= 15 is 0 Å². The molecule has 0 aromatic carbocycles. The van der Waals surface area contributed by atoms with Crippen LogP contribution in [-0.2, 0) is 13.0 Å². The molecule has 1 N–H and O–H groups in total. The summed E-state index contributed by atoms with van der Waals surface area (Å²) in [5, 5.41) is 8.63. The summed E-state index contributed by atoms with van der Waals surface area (Å²) in [5.74, 6) is 0.877. The van der Waals surface area contributed by atoms with Gasteiger partial charge in [0.05, 0.1) is 23.5 Å². The van der Waals surface area contributed by atoms with Gasteiger partial charge in [0.15, 0.2) is 0 Å². The average Bonchev–Trinajstić information content (AvgIpc) is 3.14. The molecule has 1 aromatic heterocycles. The van der Waals surface area contributed by atoms with Crippen LogP contribution in [0.5, 0.6) is 0 Å². The first-order valence-electron chi connectivity index (χ1n) is 7.14. The van der Waals surface area contributed by atoms with Gasteiger partial charge >= 0.3 is 0 Å². The smallest absolute Gasteiger partial charge is 0.0817 e. The SMILES string of the molecule is CNC(CCc1c(Cl)cnn1CCN(C)C)C1CC1. The van der Waals surface area contributed by atoms with Gasteiger partial charge < -0.3 is 10.2 Å². The summed E-state index contributed by atoms with van der Waals surface area (Å²) in [7, 11) is 6.22. The van der Waals surface area contributed by atoms with Crippen LogP contribution in [0.1, 0.15) is 25.0 Å². The topological polar surface area (TPSA) is 33.1 Å². The van der Waals surface area contributed by atoms with Gasteiger partial charge in [-0.25, -0.2) is 0 Å². The van der Waals surface area contributed by atoms with Crippen molar-refractivity contribution in [2.45, 2.75) is 38.3 Å². The molecular formula is C14H25ClN4. The van der Waals surface area contributed by atoms with E-state index in [1.165, 1.54) is 18.5 Å². The number of aromatic nitrogens is 2. The Bertz CT molecular complexity index is 398. The number of likely N-dealkylation sites (N-methyl/N-ethyl adjacent to an activating group) is 1. The van der Waals surface area contributed by atoms with E-state index in [0.717, 1.165) is 36.9 Å². The molecule has 1 atom stereocenters. The minimum atomic E-state index is 0.633. The number of rotatable bonds is 8. The lowest BCUT2D eigenvalue weighted by Crippen LogP contribution is -2.28. The van der Waals surface area contributed by atoms with E-state index in [1.54, 1.807) is 6.20 Å². The van der Waals surface area contributed by atoms with Gasteiger partial charge in [-0.2, -0.15) is 5.10 Å². The Morgan fingerprint density at radius 2 is 2.26 bits per heavy atom. The highest BCUT2D eigenvalue weighted by atomic mass is 35.5. The minimum absolute atomic E-state index is 0.633. The number of hydrogen-bond donors (Lipinski definition) is 1. The minimum Gasteiger partial charge on any atom is -0.317 e. The van der Waals surface area contributed by atoms with Crippen LogP contribution >= 0.6 is 11.6 Å². The summed E-state index contributed by atoms with van der Waals surface area (Å²) in [6.07, 6.45) is 6.68. The summed E-state index contributed by atoms with van der Waals surface area (Å²) >= 11 is 6.26. The predicted octanol–water partition coefficient (Wildman–Crippen LogP) is 2.03. The molecule has 108 valence electrons. The second kappa shape index (κ2) is 6.73. The van der Waals surface area contributed by atoms with Crippen molar-refractivity contribution < 1.29 is 0 Å². The van der Waals surface area contributed by atoms with Crippen LogP contribution < -0.4 is 5.32 Å². The maximum atomic E-state index is 6.26. The van der Waals surface area contributed by atoms with Gasteiger partial charge in [0, 0.05) is 12.6 Å². The van der Waals surface area contributed by atoms with Gasteiger partial charge in [-0.1, -0.05) is 11.6 Å². The molecule has 2 rings (SSSR count). The zero-order valence-electron chi connectivity index (χ0n) is 12.2. The molecule has 1 heterocycles. The Balaban J connectivity index is 1.92. The van der Waals surface area contributed by atoms with Gasteiger partial charge in [-0.05, 0) is 52.7 Å². The molecule has 19 heavy (non-hydrogen) atoms. The molecule has 0 radical (unpaired) electrons. The maximum Gasteiger partial charge on any atom is 0.0817 e. The first-order valence-corrected chi connectivity index (χ1v) is 7.51. The van der Waals surface area contributed by atoms with Crippen molar-refractivity contribution in [2.24, 2.45) is 5.92 Å². The molecule has 0 spiro atoms.